The zero-order valence-electron chi connectivity index (χ0n) is 9.49. The third-order valence-electron chi connectivity index (χ3n) is 2.22. The molecule has 0 radical (unpaired) electrons. The number of hydrogen-bond acceptors (Lipinski definition) is 3. The summed E-state index contributed by atoms with van der Waals surface area (Å²) in [6, 6.07) is 5.84. The second-order valence-electron chi connectivity index (χ2n) is 3.45. The minimum absolute atomic E-state index is 0.00131. The van der Waals surface area contributed by atoms with E-state index in [1.165, 1.54) is 5.56 Å². The van der Waals surface area contributed by atoms with Gasteiger partial charge in [-0.1, -0.05) is 13.0 Å². The zero-order valence-corrected chi connectivity index (χ0v) is 9.49. The Kier molecular flexibility index (Phi) is 4.43. The summed E-state index contributed by atoms with van der Waals surface area (Å²) in [5, 5.41) is 8.89. The number of ether oxygens (including phenoxy) is 2. The Morgan fingerprint density at radius 3 is 2.60 bits per heavy atom. The molecule has 1 atom stereocenters. The second kappa shape index (κ2) is 5.61. The van der Waals surface area contributed by atoms with Gasteiger partial charge in [0, 0.05) is 0 Å². The van der Waals surface area contributed by atoms with Crippen LogP contribution < -0.4 is 9.47 Å². The van der Waals surface area contributed by atoms with Crippen molar-refractivity contribution in [2.24, 2.45) is 0 Å². The van der Waals surface area contributed by atoms with Crippen LogP contribution in [0.15, 0.2) is 18.2 Å². The maximum atomic E-state index is 8.89. The van der Waals surface area contributed by atoms with Crippen LogP contribution in [-0.2, 0) is 6.42 Å². The van der Waals surface area contributed by atoms with E-state index < -0.39 is 0 Å². The molecule has 1 N–H and O–H groups in total. The Bertz CT molecular complexity index is 310. The van der Waals surface area contributed by atoms with Gasteiger partial charge in [0.25, 0.3) is 0 Å². The van der Waals surface area contributed by atoms with Crippen LogP contribution in [-0.4, -0.2) is 24.9 Å². The fraction of sp³-hybridized carbons (Fsp3) is 0.500. The van der Waals surface area contributed by atoms with Crippen LogP contribution in [0.25, 0.3) is 0 Å². The largest absolute Gasteiger partial charge is 0.493 e. The van der Waals surface area contributed by atoms with Gasteiger partial charge in [-0.3, -0.25) is 0 Å². The number of aliphatic hydroxyl groups excluding tert-OH is 1. The predicted octanol–water partition coefficient (Wildman–Crippen LogP) is 2.02. The van der Waals surface area contributed by atoms with E-state index in [-0.39, 0.29) is 12.7 Å². The molecule has 0 heterocycles. The summed E-state index contributed by atoms with van der Waals surface area (Å²) in [6.45, 7) is 3.90. The van der Waals surface area contributed by atoms with Crippen LogP contribution in [0, 0.1) is 0 Å². The standard InChI is InChI=1S/C12H18O3/c1-4-10-5-6-11(12(7-10)14-3)15-9(2)8-13/h5-7,9,13H,4,8H2,1-3H3. The Balaban J connectivity index is 2.87. The highest BCUT2D eigenvalue weighted by Crippen LogP contribution is 2.28. The highest BCUT2D eigenvalue weighted by molar-refractivity contribution is 5.43. The SMILES string of the molecule is CCc1ccc(OC(C)CO)c(OC)c1. The summed E-state index contributed by atoms with van der Waals surface area (Å²) in [7, 11) is 1.62. The van der Waals surface area contributed by atoms with E-state index in [1.807, 2.05) is 25.1 Å². The number of aliphatic hydroxyl groups is 1. The maximum Gasteiger partial charge on any atom is 0.161 e. The molecule has 1 aromatic rings. The van der Waals surface area contributed by atoms with Crippen molar-refractivity contribution in [3.8, 4) is 11.5 Å². The molecule has 84 valence electrons. The van der Waals surface area contributed by atoms with Crippen molar-refractivity contribution in [2.45, 2.75) is 26.4 Å². The maximum absolute atomic E-state index is 8.89. The van der Waals surface area contributed by atoms with Crippen LogP contribution in [0.3, 0.4) is 0 Å². The summed E-state index contributed by atoms with van der Waals surface area (Å²) in [6.07, 6.45) is 0.748. The number of methoxy groups -OCH3 is 1. The van der Waals surface area contributed by atoms with Gasteiger partial charge in [-0.2, -0.15) is 0 Å². The van der Waals surface area contributed by atoms with E-state index in [0.29, 0.717) is 5.75 Å². The topological polar surface area (TPSA) is 38.7 Å². The molecular formula is C12H18O3. The van der Waals surface area contributed by atoms with Gasteiger partial charge in [-0.15, -0.1) is 0 Å². The third kappa shape index (κ3) is 3.13. The number of hydrogen-bond donors (Lipinski definition) is 1. The number of rotatable bonds is 5. The van der Waals surface area contributed by atoms with E-state index in [9.17, 15) is 0 Å². The van der Waals surface area contributed by atoms with Gasteiger partial charge in [0.1, 0.15) is 6.10 Å². The van der Waals surface area contributed by atoms with Gasteiger partial charge >= 0.3 is 0 Å². The molecule has 0 spiro atoms. The van der Waals surface area contributed by atoms with Crippen LogP contribution >= 0.6 is 0 Å². The first-order valence-electron chi connectivity index (χ1n) is 5.15. The molecule has 0 aliphatic carbocycles. The van der Waals surface area contributed by atoms with Gasteiger partial charge in [0.05, 0.1) is 13.7 Å². The Morgan fingerprint density at radius 2 is 2.07 bits per heavy atom. The van der Waals surface area contributed by atoms with Crippen LogP contribution in [0.5, 0.6) is 11.5 Å². The van der Waals surface area contributed by atoms with Crippen molar-refractivity contribution in [1.29, 1.82) is 0 Å². The fourth-order valence-electron chi connectivity index (χ4n) is 1.28. The van der Waals surface area contributed by atoms with Crippen molar-refractivity contribution in [1.82, 2.24) is 0 Å². The lowest BCUT2D eigenvalue weighted by Crippen LogP contribution is -2.16. The molecule has 1 rings (SSSR count). The lowest BCUT2D eigenvalue weighted by atomic mass is 10.1. The van der Waals surface area contributed by atoms with Crippen molar-refractivity contribution < 1.29 is 14.6 Å². The molecule has 0 aliphatic heterocycles. The van der Waals surface area contributed by atoms with E-state index >= 15 is 0 Å². The summed E-state index contributed by atoms with van der Waals surface area (Å²) in [5.41, 5.74) is 1.20. The summed E-state index contributed by atoms with van der Waals surface area (Å²) in [5.74, 6) is 1.39. The van der Waals surface area contributed by atoms with Gasteiger partial charge in [-0.25, -0.2) is 0 Å². The van der Waals surface area contributed by atoms with E-state index in [4.69, 9.17) is 14.6 Å². The molecule has 1 aromatic carbocycles. The predicted molar refractivity (Wildman–Crippen MR) is 59.5 cm³/mol. The highest BCUT2D eigenvalue weighted by Gasteiger charge is 2.08. The molecule has 0 saturated carbocycles. The average molecular weight is 210 g/mol. The minimum Gasteiger partial charge on any atom is -0.493 e. The molecule has 15 heavy (non-hydrogen) atoms. The van der Waals surface area contributed by atoms with Gasteiger partial charge < -0.3 is 14.6 Å². The van der Waals surface area contributed by atoms with Gasteiger partial charge in [0.15, 0.2) is 11.5 Å². The molecule has 0 amide bonds. The van der Waals surface area contributed by atoms with E-state index in [1.54, 1.807) is 7.11 Å². The first kappa shape index (κ1) is 11.9. The minimum atomic E-state index is -0.216. The lowest BCUT2D eigenvalue weighted by Gasteiger charge is -2.15. The summed E-state index contributed by atoms with van der Waals surface area (Å²) < 4.78 is 10.7. The first-order valence-corrected chi connectivity index (χ1v) is 5.15. The van der Waals surface area contributed by atoms with Crippen molar-refractivity contribution in [3.05, 3.63) is 23.8 Å². The molecule has 1 unspecified atom stereocenters. The fourth-order valence-corrected chi connectivity index (χ4v) is 1.28. The van der Waals surface area contributed by atoms with Crippen LogP contribution in [0.1, 0.15) is 19.4 Å². The van der Waals surface area contributed by atoms with Crippen molar-refractivity contribution >= 4 is 0 Å². The molecule has 3 nitrogen and oxygen atoms in total. The zero-order chi connectivity index (χ0) is 11.3. The third-order valence-corrected chi connectivity index (χ3v) is 2.22. The van der Waals surface area contributed by atoms with Crippen molar-refractivity contribution in [3.63, 3.8) is 0 Å². The van der Waals surface area contributed by atoms with Gasteiger partial charge in [-0.05, 0) is 31.0 Å². The molecular weight excluding hydrogens is 192 g/mol. The smallest absolute Gasteiger partial charge is 0.161 e. The summed E-state index contributed by atoms with van der Waals surface area (Å²) in [4.78, 5) is 0. The molecule has 0 saturated heterocycles. The number of aryl methyl sites for hydroxylation is 1. The van der Waals surface area contributed by atoms with Crippen molar-refractivity contribution in [2.75, 3.05) is 13.7 Å². The molecule has 3 heteroatoms. The molecule has 0 bridgehead atoms. The molecule has 0 aromatic heterocycles. The van der Waals surface area contributed by atoms with Gasteiger partial charge in [0.2, 0.25) is 0 Å². The first-order chi connectivity index (χ1) is 7.21. The second-order valence-corrected chi connectivity index (χ2v) is 3.45. The van der Waals surface area contributed by atoms with E-state index in [2.05, 4.69) is 6.92 Å². The Morgan fingerprint density at radius 1 is 1.33 bits per heavy atom. The van der Waals surface area contributed by atoms with Crippen LogP contribution in [0.4, 0.5) is 0 Å². The lowest BCUT2D eigenvalue weighted by molar-refractivity contribution is 0.126. The van der Waals surface area contributed by atoms with Crippen LogP contribution in [0.2, 0.25) is 0 Å². The monoisotopic (exact) mass is 210 g/mol. The normalized spacial score (nSPS) is 12.3. The Labute approximate surface area is 90.6 Å². The molecule has 0 aliphatic rings. The average Bonchev–Trinajstić information content (AvgIpc) is 2.29. The van der Waals surface area contributed by atoms with E-state index in [0.717, 1.165) is 12.2 Å². The quantitative estimate of drug-likeness (QED) is 0.808. The summed E-state index contributed by atoms with van der Waals surface area (Å²) >= 11 is 0. The number of benzene rings is 1. The molecule has 0 fully saturated rings. The Hall–Kier alpha value is -1.22. The highest BCUT2D eigenvalue weighted by atomic mass is 16.5.